The lowest BCUT2D eigenvalue weighted by molar-refractivity contribution is 0.459. The topological polar surface area (TPSA) is 33.2 Å². The summed E-state index contributed by atoms with van der Waals surface area (Å²) in [5.41, 5.74) is 10.1. The first-order valence-corrected chi connectivity index (χ1v) is 20.8. The Bertz CT molecular complexity index is 3540. The van der Waals surface area contributed by atoms with Crippen molar-refractivity contribution in [1.82, 2.24) is 13.7 Å². The molecule has 12 rings (SSSR count). The third kappa shape index (κ3) is 5.60. The summed E-state index contributed by atoms with van der Waals surface area (Å²) in [4.78, 5) is 0. The van der Waals surface area contributed by atoms with Gasteiger partial charge in [-0.15, -0.1) is 0 Å². The highest BCUT2D eigenvalue weighted by molar-refractivity contribution is 9.10. The van der Waals surface area contributed by atoms with Gasteiger partial charge in [-0.05, 0) is 84.9 Å². The molecule has 3 heterocycles. The van der Waals surface area contributed by atoms with Crippen molar-refractivity contribution in [2.24, 2.45) is 0 Å². The molecule has 0 bridgehead atoms. The van der Waals surface area contributed by atoms with E-state index in [4.69, 9.17) is 9.47 Å². The number of fused-ring (bicyclic) bond motifs is 9. The highest BCUT2D eigenvalue weighted by atomic mass is 79.9. The minimum absolute atomic E-state index is 0.660. The molecule has 0 aliphatic rings. The summed E-state index contributed by atoms with van der Waals surface area (Å²) in [6, 6.07) is 72.2. The Kier molecular flexibility index (Phi) is 7.93. The van der Waals surface area contributed by atoms with Crippen LogP contribution in [-0.2, 0) is 0 Å². The van der Waals surface area contributed by atoms with E-state index in [9.17, 15) is 0 Å². The van der Waals surface area contributed by atoms with Crippen LogP contribution in [0.3, 0.4) is 0 Å². The van der Waals surface area contributed by atoms with Crippen molar-refractivity contribution in [3.63, 3.8) is 0 Å². The predicted octanol–water partition coefficient (Wildman–Crippen LogP) is 15.3. The normalized spacial score (nSPS) is 11.8. The molecule has 284 valence electrons. The molecule has 0 aliphatic carbocycles. The van der Waals surface area contributed by atoms with E-state index in [1.807, 2.05) is 42.5 Å². The number of benzene rings is 9. The SMILES string of the molecule is Brc1cc(Oc2cccc(-n3c4ccccc4c4ccccc43)c2)cc(Oc2cccc(-n3c4ccccc4c4cc(-n5c6ccccc6c6ccccc65)ccc43)c2)c1. The molecule has 5 nitrogen and oxygen atoms in total. The first-order chi connectivity index (χ1) is 29.6. The Morgan fingerprint density at radius 3 is 1.03 bits per heavy atom. The monoisotopic (exact) mass is 835 g/mol. The second-order valence-corrected chi connectivity index (χ2v) is 16.0. The molecular formula is C54H34BrN3O2. The van der Waals surface area contributed by atoms with Crippen molar-refractivity contribution in [2.45, 2.75) is 0 Å². The quantitative estimate of drug-likeness (QED) is 0.160. The summed E-state index contributed by atoms with van der Waals surface area (Å²) in [5.74, 6) is 2.77. The molecule has 0 saturated heterocycles. The lowest BCUT2D eigenvalue weighted by atomic mass is 10.1. The van der Waals surface area contributed by atoms with Crippen LogP contribution < -0.4 is 9.47 Å². The van der Waals surface area contributed by atoms with E-state index in [0.29, 0.717) is 11.5 Å². The fourth-order valence-electron chi connectivity index (χ4n) is 9.08. The van der Waals surface area contributed by atoms with E-state index in [0.717, 1.165) is 55.1 Å². The minimum Gasteiger partial charge on any atom is -0.457 e. The molecule has 0 amide bonds. The van der Waals surface area contributed by atoms with Crippen molar-refractivity contribution >= 4 is 81.3 Å². The second kappa shape index (κ2) is 13.8. The zero-order valence-electron chi connectivity index (χ0n) is 32.2. The maximum absolute atomic E-state index is 6.60. The molecule has 0 atom stereocenters. The second-order valence-electron chi connectivity index (χ2n) is 15.1. The first-order valence-electron chi connectivity index (χ1n) is 20.0. The maximum atomic E-state index is 6.60. The number of hydrogen-bond donors (Lipinski definition) is 0. The smallest absolute Gasteiger partial charge is 0.132 e. The van der Waals surface area contributed by atoms with Gasteiger partial charge in [0.05, 0.1) is 33.1 Å². The molecule has 0 spiro atoms. The number of hydrogen-bond acceptors (Lipinski definition) is 2. The summed E-state index contributed by atoms with van der Waals surface area (Å²) in [6.07, 6.45) is 0. The van der Waals surface area contributed by atoms with Gasteiger partial charge in [-0.1, -0.05) is 119 Å². The Morgan fingerprint density at radius 1 is 0.267 bits per heavy atom. The van der Waals surface area contributed by atoms with Crippen molar-refractivity contribution in [3.05, 3.63) is 211 Å². The van der Waals surface area contributed by atoms with Crippen LogP contribution >= 0.6 is 15.9 Å². The summed E-state index contributed by atoms with van der Waals surface area (Å²) >= 11 is 3.72. The summed E-state index contributed by atoms with van der Waals surface area (Å²) in [6.45, 7) is 0. The van der Waals surface area contributed by atoms with Gasteiger partial charge in [0, 0.05) is 72.1 Å². The minimum atomic E-state index is 0.660. The number of aromatic nitrogens is 3. The van der Waals surface area contributed by atoms with Crippen LogP contribution in [0.2, 0.25) is 0 Å². The van der Waals surface area contributed by atoms with Gasteiger partial charge in [0.1, 0.15) is 23.0 Å². The molecule has 6 heteroatoms. The fraction of sp³-hybridized carbons (Fsp3) is 0. The van der Waals surface area contributed by atoms with Crippen LogP contribution in [-0.4, -0.2) is 13.7 Å². The zero-order valence-corrected chi connectivity index (χ0v) is 33.8. The van der Waals surface area contributed by atoms with Gasteiger partial charge in [-0.25, -0.2) is 0 Å². The Hall–Kier alpha value is -7.54. The third-order valence-electron chi connectivity index (χ3n) is 11.5. The highest BCUT2D eigenvalue weighted by Gasteiger charge is 2.17. The Morgan fingerprint density at radius 2 is 0.617 bits per heavy atom. The number of ether oxygens (including phenoxy) is 2. The highest BCUT2D eigenvalue weighted by Crippen LogP contribution is 2.39. The lowest BCUT2D eigenvalue weighted by Gasteiger charge is -2.14. The van der Waals surface area contributed by atoms with Gasteiger partial charge in [0.25, 0.3) is 0 Å². The van der Waals surface area contributed by atoms with Gasteiger partial charge >= 0.3 is 0 Å². The van der Waals surface area contributed by atoms with Gasteiger partial charge in [0.15, 0.2) is 0 Å². The first kappa shape index (κ1) is 34.5. The fourth-order valence-corrected chi connectivity index (χ4v) is 9.53. The van der Waals surface area contributed by atoms with E-state index in [1.54, 1.807) is 0 Å². The maximum Gasteiger partial charge on any atom is 0.132 e. The van der Waals surface area contributed by atoms with Crippen LogP contribution in [0.5, 0.6) is 23.0 Å². The molecule has 0 aliphatic heterocycles. The van der Waals surface area contributed by atoms with Crippen molar-refractivity contribution in [3.8, 4) is 40.1 Å². The third-order valence-corrected chi connectivity index (χ3v) is 12.0. The van der Waals surface area contributed by atoms with Crippen LogP contribution in [0.4, 0.5) is 0 Å². The van der Waals surface area contributed by atoms with Gasteiger partial charge in [-0.2, -0.15) is 0 Å². The number of para-hydroxylation sites is 5. The van der Waals surface area contributed by atoms with E-state index < -0.39 is 0 Å². The number of nitrogens with zero attached hydrogens (tertiary/aromatic N) is 3. The molecule has 9 aromatic carbocycles. The molecule has 0 unspecified atom stereocenters. The van der Waals surface area contributed by atoms with Gasteiger partial charge in [-0.3, -0.25) is 0 Å². The van der Waals surface area contributed by atoms with Crippen LogP contribution in [0.1, 0.15) is 0 Å². The van der Waals surface area contributed by atoms with Crippen LogP contribution in [0.25, 0.3) is 82.5 Å². The summed E-state index contributed by atoms with van der Waals surface area (Å²) < 4.78 is 21.0. The van der Waals surface area contributed by atoms with Gasteiger partial charge < -0.3 is 23.2 Å². The average molecular weight is 837 g/mol. The molecule has 0 N–H and O–H groups in total. The summed E-state index contributed by atoms with van der Waals surface area (Å²) in [5, 5.41) is 7.33. The van der Waals surface area contributed by atoms with E-state index in [2.05, 4.69) is 193 Å². The van der Waals surface area contributed by atoms with E-state index in [-0.39, 0.29) is 0 Å². The largest absolute Gasteiger partial charge is 0.457 e. The van der Waals surface area contributed by atoms with Crippen molar-refractivity contribution in [2.75, 3.05) is 0 Å². The standard InChI is InChI=1S/C54H34BrN3O2/c55-35-29-41(59-39-15-11-13-36(31-39)56-49-22-6-1-17-43(49)44-18-2-7-23-50(44)56)34-42(30-35)60-40-16-12-14-37(32-40)57-53-26-10-5-21-47(53)48-33-38(27-28-54(48)57)58-51-24-8-3-19-45(51)46-20-4-9-25-52(46)58/h1-34H. The molecule has 60 heavy (non-hydrogen) atoms. The zero-order chi connectivity index (χ0) is 39.7. The molecule has 12 aromatic rings. The van der Waals surface area contributed by atoms with Crippen LogP contribution in [0.15, 0.2) is 211 Å². The van der Waals surface area contributed by atoms with Crippen molar-refractivity contribution < 1.29 is 9.47 Å². The number of halogens is 1. The van der Waals surface area contributed by atoms with E-state index in [1.165, 1.54) is 43.4 Å². The Balaban J connectivity index is 0.883. The molecule has 0 radical (unpaired) electrons. The Labute approximate surface area is 353 Å². The molecule has 3 aromatic heterocycles. The molecule has 0 fully saturated rings. The van der Waals surface area contributed by atoms with E-state index >= 15 is 0 Å². The van der Waals surface area contributed by atoms with Crippen molar-refractivity contribution in [1.29, 1.82) is 0 Å². The van der Waals surface area contributed by atoms with Gasteiger partial charge in [0.2, 0.25) is 0 Å². The lowest BCUT2D eigenvalue weighted by Crippen LogP contribution is -1.96. The number of rotatable bonds is 7. The average Bonchev–Trinajstić information content (AvgIpc) is 3.92. The molecular weight excluding hydrogens is 803 g/mol. The molecule has 0 saturated carbocycles. The predicted molar refractivity (Wildman–Crippen MR) is 250 cm³/mol. The van der Waals surface area contributed by atoms with Crippen LogP contribution in [0, 0.1) is 0 Å². The summed E-state index contributed by atoms with van der Waals surface area (Å²) in [7, 11) is 0.